The van der Waals surface area contributed by atoms with E-state index < -0.39 is 0 Å². The van der Waals surface area contributed by atoms with E-state index in [4.69, 9.17) is 4.74 Å². The van der Waals surface area contributed by atoms with Crippen LogP contribution in [0.3, 0.4) is 0 Å². The molecular weight excluding hydrogens is 420 g/mol. The van der Waals surface area contributed by atoms with E-state index in [-0.39, 0.29) is 11.8 Å². The van der Waals surface area contributed by atoms with Crippen molar-refractivity contribution in [2.75, 3.05) is 29.9 Å². The van der Waals surface area contributed by atoms with Crippen LogP contribution in [0.4, 0.5) is 11.5 Å². The molecule has 1 aliphatic rings. The summed E-state index contributed by atoms with van der Waals surface area (Å²) in [6.45, 7) is 6.17. The quantitative estimate of drug-likeness (QED) is 0.537. The number of carbonyl (C=O) groups excluding carboxylic acids is 1. The molecular formula is C25H28N4O2S. The van der Waals surface area contributed by atoms with Gasteiger partial charge in [0.25, 0.3) is 0 Å². The Hall–Kier alpha value is -3.06. The molecule has 1 amide bonds. The number of nitrogens with zero attached hydrogens (tertiary/aromatic N) is 3. The summed E-state index contributed by atoms with van der Waals surface area (Å²) in [5, 5.41) is 12.7. The highest BCUT2D eigenvalue weighted by atomic mass is 32.2. The Morgan fingerprint density at radius 3 is 2.56 bits per heavy atom. The van der Waals surface area contributed by atoms with E-state index in [0.29, 0.717) is 13.2 Å². The van der Waals surface area contributed by atoms with Crippen LogP contribution in [0.25, 0.3) is 0 Å². The average Bonchev–Trinajstić information content (AvgIpc) is 2.82. The van der Waals surface area contributed by atoms with E-state index in [1.165, 1.54) is 5.56 Å². The zero-order valence-corrected chi connectivity index (χ0v) is 19.3. The van der Waals surface area contributed by atoms with Gasteiger partial charge in [0, 0.05) is 23.7 Å². The fraction of sp³-hybridized carbons (Fsp3) is 0.320. The highest BCUT2D eigenvalue weighted by Crippen LogP contribution is 2.28. The van der Waals surface area contributed by atoms with Gasteiger partial charge >= 0.3 is 0 Å². The SMILES string of the molecule is CCOc1ccc(NC(=O)C2CCCN(c3ccc(Sc4ccc(C)cc4)nn3)C2)cc1. The van der Waals surface area contributed by atoms with Crippen molar-refractivity contribution in [3.63, 3.8) is 0 Å². The topological polar surface area (TPSA) is 67.3 Å². The lowest BCUT2D eigenvalue weighted by Crippen LogP contribution is -2.41. The van der Waals surface area contributed by atoms with E-state index >= 15 is 0 Å². The van der Waals surface area contributed by atoms with Gasteiger partial charge in [-0.3, -0.25) is 4.79 Å². The molecule has 0 spiro atoms. The molecule has 1 atom stereocenters. The summed E-state index contributed by atoms with van der Waals surface area (Å²) in [6.07, 6.45) is 1.82. The molecule has 2 aromatic carbocycles. The number of anilines is 2. The molecule has 1 aromatic heterocycles. The Labute approximate surface area is 193 Å². The third kappa shape index (κ3) is 5.79. The Bertz CT molecular complexity index is 1020. The molecule has 7 heteroatoms. The summed E-state index contributed by atoms with van der Waals surface area (Å²) in [7, 11) is 0. The number of ether oxygens (including phenoxy) is 1. The highest BCUT2D eigenvalue weighted by molar-refractivity contribution is 7.99. The van der Waals surface area contributed by atoms with Crippen LogP contribution in [0.5, 0.6) is 5.75 Å². The van der Waals surface area contributed by atoms with E-state index in [2.05, 4.69) is 51.6 Å². The summed E-state index contributed by atoms with van der Waals surface area (Å²) >= 11 is 1.60. The molecule has 1 aliphatic heterocycles. The third-order valence-corrected chi connectivity index (χ3v) is 6.35. The molecule has 166 valence electrons. The number of aromatic nitrogens is 2. The van der Waals surface area contributed by atoms with Crippen molar-refractivity contribution in [2.24, 2.45) is 5.92 Å². The van der Waals surface area contributed by atoms with Gasteiger partial charge in [0.2, 0.25) is 5.91 Å². The van der Waals surface area contributed by atoms with Crippen LogP contribution in [-0.2, 0) is 4.79 Å². The van der Waals surface area contributed by atoms with Crippen molar-refractivity contribution >= 4 is 29.2 Å². The fourth-order valence-corrected chi connectivity index (χ4v) is 4.44. The third-order valence-electron chi connectivity index (χ3n) is 5.42. The zero-order valence-electron chi connectivity index (χ0n) is 18.5. The fourth-order valence-electron chi connectivity index (χ4n) is 3.71. The normalized spacial score (nSPS) is 15.9. The van der Waals surface area contributed by atoms with Gasteiger partial charge in [-0.1, -0.05) is 29.5 Å². The first kappa shape index (κ1) is 22.1. The molecule has 4 rings (SSSR count). The van der Waals surface area contributed by atoms with Crippen molar-refractivity contribution in [2.45, 2.75) is 36.6 Å². The van der Waals surface area contributed by atoms with E-state index in [1.54, 1.807) is 11.8 Å². The molecule has 0 saturated carbocycles. The Balaban J connectivity index is 1.34. The molecule has 0 bridgehead atoms. The minimum Gasteiger partial charge on any atom is -0.494 e. The summed E-state index contributed by atoms with van der Waals surface area (Å²) < 4.78 is 5.46. The molecule has 1 N–H and O–H groups in total. The average molecular weight is 449 g/mol. The largest absolute Gasteiger partial charge is 0.494 e. The van der Waals surface area contributed by atoms with Gasteiger partial charge in [-0.15, -0.1) is 10.2 Å². The maximum atomic E-state index is 12.8. The number of aryl methyl sites for hydroxylation is 1. The monoisotopic (exact) mass is 448 g/mol. The summed E-state index contributed by atoms with van der Waals surface area (Å²) in [6, 6.07) is 19.9. The molecule has 6 nitrogen and oxygen atoms in total. The lowest BCUT2D eigenvalue weighted by molar-refractivity contribution is -0.120. The second-order valence-corrected chi connectivity index (χ2v) is 8.97. The van der Waals surface area contributed by atoms with Crippen LogP contribution in [0.2, 0.25) is 0 Å². The van der Waals surface area contributed by atoms with Gasteiger partial charge < -0.3 is 15.0 Å². The van der Waals surface area contributed by atoms with Crippen LogP contribution in [0, 0.1) is 12.8 Å². The van der Waals surface area contributed by atoms with Crippen LogP contribution in [0.15, 0.2) is 70.6 Å². The van der Waals surface area contributed by atoms with E-state index in [1.807, 2.05) is 43.3 Å². The number of carbonyl (C=O) groups is 1. The van der Waals surface area contributed by atoms with Crippen LogP contribution < -0.4 is 15.0 Å². The zero-order chi connectivity index (χ0) is 22.3. The van der Waals surface area contributed by atoms with Crippen LogP contribution in [-0.4, -0.2) is 35.8 Å². The van der Waals surface area contributed by atoms with Gasteiger partial charge in [0.15, 0.2) is 5.82 Å². The highest BCUT2D eigenvalue weighted by Gasteiger charge is 2.27. The maximum Gasteiger partial charge on any atom is 0.229 e. The lowest BCUT2D eigenvalue weighted by atomic mass is 9.97. The number of rotatable bonds is 7. The molecule has 1 fully saturated rings. The van der Waals surface area contributed by atoms with Gasteiger partial charge in [-0.05, 0) is 75.2 Å². The molecule has 1 saturated heterocycles. The molecule has 3 aromatic rings. The maximum absolute atomic E-state index is 12.8. The van der Waals surface area contributed by atoms with Crippen LogP contribution in [0.1, 0.15) is 25.3 Å². The molecule has 0 radical (unpaired) electrons. The van der Waals surface area contributed by atoms with Gasteiger partial charge in [0.1, 0.15) is 10.8 Å². The van der Waals surface area contributed by atoms with Crippen LogP contribution >= 0.6 is 11.8 Å². The summed E-state index contributed by atoms with van der Waals surface area (Å²) in [5.74, 6) is 1.57. The first-order chi connectivity index (χ1) is 15.6. The second kappa shape index (κ2) is 10.5. The minimum atomic E-state index is -0.0845. The van der Waals surface area contributed by atoms with Gasteiger partial charge in [0.05, 0.1) is 12.5 Å². The molecule has 1 unspecified atom stereocenters. The van der Waals surface area contributed by atoms with Gasteiger partial charge in [-0.25, -0.2) is 0 Å². The van der Waals surface area contributed by atoms with E-state index in [0.717, 1.165) is 46.6 Å². The molecule has 0 aliphatic carbocycles. The number of amides is 1. The number of piperidine rings is 1. The number of nitrogens with one attached hydrogen (secondary N) is 1. The Kier molecular flexibility index (Phi) is 7.27. The van der Waals surface area contributed by atoms with Crippen molar-refractivity contribution < 1.29 is 9.53 Å². The molecule has 32 heavy (non-hydrogen) atoms. The lowest BCUT2D eigenvalue weighted by Gasteiger charge is -2.32. The van der Waals surface area contributed by atoms with Gasteiger partial charge in [-0.2, -0.15) is 0 Å². The Morgan fingerprint density at radius 1 is 1.09 bits per heavy atom. The van der Waals surface area contributed by atoms with Crippen molar-refractivity contribution in [1.29, 1.82) is 0 Å². The number of hydrogen-bond acceptors (Lipinski definition) is 6. The first-order valence-corrected chi connectivity index (χ1v) is 11.8. The molecule has 2 heterocycles. The summed E-state index contributed by atoms with van der Waals surface area (Å²) in [5.41, 5.74) is 2.02. The van der Waals surface area contributed by atoms with Crippen molar-refractivity contribution in [3.05, 3.63) is 66.2 Å². The van der Waals surface area contributed by atoms with Crippen molar-refractivity contribution in [1.82, 2.24) is 10.2 Å². The Morgan fingerprint density at radius 2 is 1.88 bits per heavy atom. The second-order valence-electron chi connectivity index (χ2n) is 7.88. The summed E-state index contributed by atoms with van der Waals surface area (Å²) in [4.78, 5) is 16.1. The standard InChI is InChI=1S/C25H28N4O2S/c1-3-31-21-10-8-20(9-11-21)26-25(30)19-5-4-16-29(17-19)23-14-15-24(28-27-23)32-22-12-6-18(2)7-13-22/h6-15,19H,3-5,16-17H2,1-2H3,(H,26,30). The first-order valence-electron chi connectivity index (χ1n) is 11.0. The number of hydrogen-bond donors (Lipinski definition) is 1. The van der Waals surface area contributed by atoms with Crippen molar-refractivity contribution in [3.8, 4) is 5.75 Å². The predicted octanol–water partition coefficient (Wildman–Crippen LogP) is 5.19. The smallest absolute Gasteiger partial charge is 0.229 e. The minimum absolute atomic E-state index is 0.0402. The number of benzene rings is 2. The van der Waals surface area contributed by atoms with E-state index in [9.17, 15) is 4.79 Å². The predicted molar refractivity (Wildman–Crippen MR) is 129 cm³/mol.